The van der Waals surface area contributed by atoms with Crippen LogP contribution in [0.1, 0.15) is 52.0 Å². The van der Waals surface area contributed by atoms with Gasteiger partial charge < -0.3 is 31.4 Å². The summed E-state index contributed by atoms with van der Waals surface area (Å²) in [5, 5.41) is 12.8. The number of methoxy groups -OCH3 is 2. The number of phenolic OH excluding ortho intramolecular Hbond substituents is 1. The Kier molecular flexibility index (Phi) is 9.13. The Labute approximate surface area is 224 Å². The Morgan fingerprint density at radius 3 is 2.34 bits per heavy atom. The Hall–Kier alpha value is -4.32. The van der Waals surface area contributed by atoms with Gasteiger partial charge in [0.15, 0.2) is 5.69 Å². The molecule has 0 saturated heterocycles. The van der Waals surface area contributed by atoms with Crippen LogP contribution in [0.25, 0.3) is 0 Å². The van der Waals surface area contributed by atoms with Gasteiger partial charge in [-0.25, -0.2) is 0 Å². The standard InChI is InChI=1S/C26H31N5O6S/c1-14(2)11-12-29-25(34)22(15-5-7-16(32)8-6-15)31(18-13-17(36-3)9-10-19(18)37-4)26(35)23-20(27)21(24(28)33)30-38-23/h5-10,13-14,22,32H,11-12,27H2,1-4H3,(H2,28,33)(H,29,34)/t22-/m0/s1. The van der Waals surface area contributed by atoms with E-state index in [2.05, 4.69) is 9.69 Å². The number of nitrogens with one attached hydrogen (secondary N) is 1. The van der Waals surface area contributed by atoms with E-state index in [4.69, 9.17) is 20.9 Å². The smallest absolute Gasteiger partial charge is 0.273 e. The number of aromatic hydroxyl groups is 1. The maximum Gasteiger partial charge on any atom is 0.273 e. The number of nitrogens with zero attached hydrogens (tertiary/aromatic N) is 2. The van der Waals surface area contributed by atoms with Crippen LogP contribution in [0.2, 0.25) is 0 Å². The van der Waals surface area contributed by atoms with Crippen molar-refractivity contribution < 1.29 is 29.0 Å². The average molecular weight is 542 g/mol. The van der Waals surface area contributed by atoms with Gasteiger partial charge in [0.05, 0.1) is 25.6 Å². The third-order valence-corrected chi connectivity index (χ3v) is 6.61. The third-order valence-electron chi connectivity index (χ3n) is 5.76. The van der Waals surface area contributed by atoms with E-state index in [9.17, 15) is 19.5 Å². The summed E-state index contributed by atoms with van der Waals surface area (Å²) in [6.45, 7) is 4.43. The third kappa shape index (κ3) is 6.14. The molecule has 0 saturated carbocycles. The lowest BCUT2D eigenvalue weighted by atomic mass is 10.0. The van der Waals surface area contributed by atoms with Crippen LogP contribution in [-0.2, 0) is 4.79 Å². The molecule has 2 aromatic carbocycles. The number of nitrogen functional groups attached to an aromatic ring is 1. The van der Waals surface area contributed by atoms with Gasteiger partial charge in [0, 0.05) is 12.6 Å². The Morgan fingerprint density at radius 2 is 1.79 bits per heavy atom. The van der Waals surface area contributed by atoms with E-state index >= 15 is 0 Å². The van der Waals surface area contributed by atoms with Crippen molar-refractivity contribution in [2.75, 3.05) is 31.4 Å². The SMILES string of the molecule is COc1ccc(OC)c(N(C(=O)c2snc(C(N)=O)c2N)[C@H](C(=O)NCCC(C)C)c2ccc(O)cc2)c1. The van der Waals surface area contributed by atoms with Crippen molar-refractivity contribution in [3.8, 4) is 17.2 Å². The molecular weight excluding hydrogens is 510 g/mol. The van der Waals surface area contributed by atoms with Gasteiger partial charge in [0.25, 0.3) is 11.8 Å². The molecule has 1 atom stereocenters. The topological polar surface area (TPSA) is 170 Å². The van der Waals surface area contributed by atoms with Gasteiger partial charge in [-0.05, 0) is 53.7 Å². The van der Waals surface area contributed by atoms with Crippen molar-refractivity contribution >= 4 is 40.6 Å². The van der Waals surface area contributed by atoms with Crippen molar-refractivity contribution in [3.05, 3.63) is 58.6 Å². The van der Waals surface area contributed by atoms with Crippen LogP contribution < -0.4 is 31.2 Å². The molecule has 3 rings (SSSR count). The van der Waals surface area contributed by atoms with E-state index in [0.29, 0.717) is 41.7 Å². The molecule has 0 bridgehead atoms. The molecule has 0 radical (unpaired) electrons. The first-order valence-electron chi connectivity index (χ1n) is 11.8. The highest BCUT2D eigenvalue weighted by Gasteiger charge is 2.37. The molecule has 3 aromatic rings. The van der Waals surface area contributed by atoms with Crippen molar-refractivity contribution in [2.24, 2.45) is 11.7 Å². The molecule has 0 aliphatic rings. The van der Waals surface area contributed by atoms with Gasteiger partial charge in [-0.15, -0.1) is 0 Å². The minimum Gasteiger partial charge on any atom is -0.508 e. The maximum absolute atomic E-state index is 14.2. The van der Waals surface area contributed by atoms with Gasteiger partial charge in [-0.3, -0.25) is 19.3 Å². The monoisotopic (exact) mass is 541 g/mol. The molecule has 3 amide bonds. The first kappa shape index (κ1) is 28.3. The molecule has 0 aliphatic heterocycles. The van der Waals surface area contributed by atoms with Crippen LogP contribution >= 0.6 is 11.5 Å². The molecule has 0 unspecified atom stereocenters. The van der Waals surface area contributed by atoms with Crippen LogP contribution in [0.5, 0.6) is 17.2 Å². The second kappa shape index (κ2) is 12.3. The lowest BCUT2D eigenvalue weighted by molar-refractivity contribution is -0.122. The number of hydrogen-bond acceptors (Lipinski definition) is 9. The van der Waals surface area contributed by atoms with Crippen molar-refractivity contribution in [3.63, 3.8) is 0 Å². The summed E-state index contributed by atoms with van der Waals surface area (Å²) in [7, 11) is 2.90. The summed E-state index contributed by atoms with van der Waals surface area (Å²) in [6, 6.07) is 9.49. The Morgan fingerprint density at radius 1 is 1.11 bits per heavy atom. The van der Waals surface area contributed by atoms with Crippen LogP contribution in [0, 0.1) is 5.92 Å². The number of primary amides is 1. The molecule has 1 heterocycles. The number of rotatable bonds is 11. The van der Waals surface area contributed by atoms with E-state index < -0.39 is 23.8 Å². The fraction of sp³-hybridized carbons (Fsp3) is 0.308. The highest BCUT2D eigenvalue weighted by Crippen LogP contribution is 2.40. The molecule has 12 heteroatoms. The molecule has 0 fully saturated rings. The fourth-order valence-electron chi connectivity index (χ4n) is 3.74. The van der Waals surface area contributed by atoms with Gasteiger partial charge in [-0.2, -0.15) is 4.37 Å². The summed E-state index contributed by atoms with van der Waals surface area (Å²) < 4.78 is 14.9. The maximum atomic E-state index is 14.2. The van der Waals surface area contributed by atoms with E-state index in [1.54, 1.807) is 30.3 Å². The number of carbonyl (C=O) groups excluding carboxylic acids is 3. The molecule has 38 heavy (non-hydrogen) atoms. The number of amides is 3. The molecule has 11 nitrogen and oxygen atoms in total. The van der Waals surface area contributed by atoms with Crippen LogP contribution in [0.15, 0.2) is 42.5 Å². The van der Waals surface area contributed by atoms with Gasteiger partial charge >= 0.3 is 0 Å². The van der Waals surface area contributed by atoms with E-state index in [1.807, 2.05) is 13.8 Å². The number of carbonyl (C=O) groups is 3. The molecule has 202 valence electrons. The average Bonchev–Trinajstić information content (AvgIpc) is 3.28. The van der Waals surface area contributed by atoms with Crippen molar-refractivity contribution in [2.45, 2.75) is 26.3 Å². The summed E-state index contributed by atoms with van der Waals surface area (Å²) in [5.41, 5.74) is 11.7. The minimum atomic E-state index is -1.23. The van der Waals surface area contributed by atoms with E-state index in [1.165, 1.54) is 31.3 Å². The lowest BCUT2D eigenvalue weighted by Crippen LogP contribution is -2.44. The zero-order chi connectivity index (χ0) is 28.0. The van der Waals surface area contributed by atoms with Crippen LogP contribution in [-0.4, -0.2) is 48.0 Å². The first-order valence-corrected chi connectivity index (χ1v) is 12.5. The largest absolute Gasteiger partial charge is 0.508 e. The summed E-state index contributed by atoms with van der Waals surface area (Å²) in [4.78, 5) is 40.9. The van der Waals surface area contributed by atoms with Gasteiger partial charge in [-0.1, -0.05) is 26.0 Å². The predicted molar refractivity (Wildman–Crippen MR) is 145 cm³/mol. The number of benzene rings is 2. The number of ether oxygens (including phenoxy) is 2. The normalized spacial score (nSPS) is 11.6. The zero-order valence-corrected chi connectivity index (χ0v) is 22.4. The number of anilines is 2. The highest BCUT2D eigenvalue weighted by molar-refractivity contribution is 7.09. The molecule has 1 aromatic heterocycles. The van der Waals surface area contributed by atoms with E-state index in [-0.39, 0.29) is 33.4 Å². The Balaban J connectivity index is 2.26. The van der Waals surface area contributed by atoms with Crippen LogP contribution in [0.3, 0.4) is 0 Å². The van der Waals surface area contributed by atoms with Gasteiger partial charge in [0.1, 0.15) is 28.2 Å². The van der Waals surface area contributed by atoms with Crippen LogP contribution in [0.4, 0.5) is 11.4 Å². The van der Waals surface area contributed by atoms with Crippen molar-refractivity contribution in [1.82, 2.24) is 9.69 Å². The molecule has 0 aliphatic carbocycles. The molecule has 6 N–H and O–H groups in total. The quantitative estimate of drug-likeness (QED) is 0.287. The molecular formula is C26H31N5O6S. The fourth-order valence-corrected chi connectivity index (χ4v) is 4.49. The number of aromatic nitrogens is 1. The number of phenols is 1. The predicted octanol–water partition coefficient (Wildman–Crippen LogP) is 3.10. The lowest BCUT2D eigenvalue weighted by Gasteiger charge is -2.32. The zero-order valence-electron chi connectivity index (χ0n) is 21.6. The second-order valence-electron chi connectivity index (χ2n) is 8.82. The summed E-state index contributed by atoms with van der Waals surface area (Å²) >= 11 is 0.697. The molecule has 0 spiro atoms. The van der Waals surface area contributed by atoms with E-state index in [0.717, 1.165) is 0 Å². The summed E-state index contributed by atoms with van der Waals surface area (Å²) in [6.07, 6.45) is 0.716. The highest BCUT2D eigenvalue weighted by atomic mass is 32.1. The minimum absolute atomic E-state index is 0.0117. The van der Waals surface area contributed by atoms with Crippen molar-refractivity contribution in [1.29, 1.82) is 0 Å². The first-order chi connectivity index (χ1) is 18.1. The summed E-state index contributed by atoms with van der Waals surface area (Å²) in [5.74, 6) is -1.08. The number of nitrogens with two attached hydrogens (primary N) is 2. The van der Waals surface area contributed by atoms with Gasteiger partial charge in [0.2, 0.25) is 5.91 Å². The number of hydrogen-bond donors (Lipinski definition) is 4. The second-order valence-corrected chi connectivity index (χ2v) is 9.59. The Bertz CT molecular complexity index is 1310.